The maximum absolute atomic E-state index is 11.7. The van der Waals surface area contributed by atoms with E-state index in [4.69, 9.17) is 21.4 Å². The van der Waals surface area contributed by atoms with Crippen molar-refractivity contribution in [2.45, 2.75) is 26.3 Å². The zero-order chi connectivity index (χ0) is 14.4. The highest BCUT2D eigenvalue weighted by Crippen LogP contribution is 2.29. The summed E-state index contributed by atoms with van der Waals surface area (Å²) in [7, 11) is 0. The maximum Gasteiger partial charge on any atom is 0.325 e. The molecule has 0 aliphatic heterocycles. The number of hydrogen-bond acceptors (Lipinski definition) is 3. The third-order valence-electron chi connectivity index (χ3n) is 2.44. The Labute approximate surface area is 116 Å². The van der Waals surface area contributed by atoms with Crippen LogP contribution in [0.15, 0.2) is 18.2 Å². The van der Waals surface area contributed by atoms with Crippen molar-refractivity contribution in [3.8, 4) is 5.75 Å². The molecule has 0 aromatic heterocycles. The Morgan fingerprint density at radius 1 is 1.47 bits per heavy atom. The lowest BCUT2D eigenvalue weighted by molar-refractivity contribution is -0.141. The Morgan fingerprint density at radius 2 is 2.16 bits per heavy atom. The lowest BCUT2D eigenvalue weighted by Crippen LogP contribution is -2.39. The van der Waals surface area contributed by atoms with Gasteiger partial charge in [-0.25, -0.2) is 0 Å². The number of para-hydroxylation sites is 1. The Kier molecular flexibility index (Phi) is 5.63. The number of rotatable bonds is 6. The van der Waals surface area contributed by atoms with E-state index in [0.717, 1.165) is 0 Å². The first-order valence-corrected chi connectivity index (χ1v) is 6.25. The van der Waals surface area contributed by atoms with Crippen LogP contribution < -0.4 is 10.1 Å². The van der Waals surface area contributed by atoms with Gasteiger partial charge in [0.1, 0.15) is 11.8 Å². The van der Waals surface area contributed by atoms with Gasteiger partial charge in [-0.15, -0.1) is 0 Å². The number of carboxylic acid groups (broad SMARTS) is 1. The average Bonchev–Trinajstić information content (AvgIpc) is 2.33. The molecule has 0 unspecified atom stereocenters. The molecule has 1 amide bonds. The lowest BCUT2D eigenvalue weighted by atomic mass is 10.1. The number of benzene rings is 1. The summed E-state index contributed by atoms with van der Waals surface area (Å²) in [5, 5.41) is 11.5. The minimum absolute atomic E-state index is 0.0213. The molecule has 0 fully saturated rings. The van der Waals surface area contributed by atoms with Gasteiger partial charge in [0.05, 0.1) is 18.1 Å². The van der Waals surface area contributed by atoms with Crippen LogP contribution in [0.25, 0.3) is 0 Å². The summed E-state index contributed by atoms with van der Waals surface area (Å²) in [6, 6.07) is 4.19. The molecule has 0 radical (unpaired) electrons. The molecule has 0 aliphatic rings. The number of hydrogen-bond donors (Lipinski definition) is 2. The van der Waals surface area contributed by atoms with Crippen LogP contribution >= 0.6 is 11.6 Å². The summed E-state index contributed by atoms with van der Waals surface area (Å²) in [5.74, 6) is -1.01. The smallest absolute Gasteiger partial charge is 0.325 e. The molecule has 19 heavy (non-hydrogen) atoms. The second-order valence-electron chi connectivity index (χ2n) is 3.97. The van der Waals surface area contributed by atoms with Crippen LogP contribution in [0.5, 0.6) is 5.75 Å². The highest BCUT2D eigenvalue weighted by atomic mass is 35.5. The number of ether oxygens (including phenoxy) is 1. The van der Waals surface area contributed by atoms with Gasteiger partial charge in [0.2, 0.25) is 5.91 Å². The second kappa shape index (κ2) is 6.99. The molecule has 1 rings (SSSR count). The number of amides is 1. The quantitative estimate of drug-likeness (QED) is 0.837. The second-order valence-corrected chi connectivity index (χ2v) is 4.37. The monoisotopic (exact) mass is 285 g/mol. The normalized spacial score (nSPS) is 11.7. The van der Waals surface area contributed by atoms with Gasteiger partial charge in [-0.05, 0) is 19.9 Å². The minimum atomic E-state index is -1.08. The van der Waals surface area contributed by atoms with Crippen LogP contribution in [0.4, 0.5) is 0 Å². The van der Waals surface area contributed by atoms with Crippen LogP contribution in [-0.2, 0) is 16.0 Å². The Hall–Kier alpha value is -1.75. The predicted molar refractivity (Wildman–Crippen MR) is 71.6 cm³/mol. The van der Waals surface area contributed by atoms with E-state index in [1.165, 1.54) is 6.92 Å². The molecule has 1 aromatic rings. The van der Waals surface area contributed by atoms with Crippen molar-refractivity contribution in [3.63, 3.8) is 0 Å². The fourth-order valence-corrected chi connectivity index (χ4v) is 1.77. The zero-order valence-electron chi connectivity index (χ0n) is 10.8. The zero-order valence-corrected chi connectivity index (χ0v) is 11.5. The molecule has 2 N–H and O–H groups in total. The van der Waals surface area contributed by atoms with E-state index < -0.39 is 17.9 Å². The largest absolute Gasteiger partial charge is 0.492 e. The van der Waals surface area contributed by atoms with Crippen molar-refractivity contribution in [1.29, 1.82) is 0 Å². The third kappa shape index (κ3) is 4.44. The molecule has 6 heteroatoms. The average molecular weight is 286 g/mol. The highest BCUT2D eigenvalue weighted by molar-refractivity contribution is 6.32. The number of nitrogens with one attached hydrogen (secondary N) is 1. The predicted octanol–water partition coefficient (Wildman–Crippen LogP) is 1.87. The molecular weight excluding hydrogens is 270 g/mol. The van der Waals surface area contributed by atoms with Gasteiger partial charge in [-0.1, -0.05) is 23.7 Å². The van der Waals surface area contributed by atoms with Crippen molar-refractivity contribution in [3.05, 3.63) is 28.8 Å². The van der Waals surface area contributed by atoms with Crippen LogP contribution in [0.3, 0.4) is 0 Å². The SMILES string of the molecule is CCOc1c(Cl)cccc1CC(=O)N[C@@H](C)C(=O)O. The van der Waals surface area contributed by atoms with Crippen LogP contribution in [0.2, 0.25) is 5.02 Å². The van der Waals surface area contributed by atoms with Crippen LogP contribution in [-0.4, -0.2) is 29.6 Å². The fourth-order valence-electron chi connectivity index (χ4n) is 1.53. The van der Waals surface area contributed by atoms with Crippen molar-refractivity contribution in [2.75, 3.05) is 6.61 Å². The molecule has 1 aromatic carbocycles. The molecule has 0 heterocycles. The first kappa shape index (κ1) is 15.3. The summed E-state index contributed by atoms with van der Waals surface area (Å²) >= 11 is 6.00. The van der Waals surface area contributed by atoms with Crippen molar-refractivity contribution in [2.24, 2.45) is 0 Å². The van der Waals surface area contributed by atoms with Gasteiger partial charge in [0.15, 0.2) is 0 Å². The first-order chi connectivity index (χ1) is 8.95. The summed E-state index contributed by atoms with van der Waals surface area (Å²) in [4.78, 5) is 22.4. The molecule has 5 nitrogen and oxygen atoms in total. The van der Waals surface area contributed by atoms with Crippen LogP contribution in [0.1, 0.15) is 19.4 Å². The topological polar surface area (TPSA) is 75.6 Å². The van der Waals surface area contributed by atoms with Crippen molar-refractivity contribution in [1.82, 2.24) is 5.32 Å². The van der Waals surface area contributed by atoms with Gasteiger partial charge < -0.3 is 15.2 Å². The molecule has 0 saturated heterocycles. The number of carbonyl (C=O) groups is 2. The molecule has 104 valence electrons. The van der Waals surface area contributed by atoms with E-state index in [9.17, 15) is 9.59 Å². The standard InChI is InChI=1S/C13H16ClNO4/c1-3-19-12-9(5-4-6-10(12)14)7-11(16)15-8(2)13(17)18/h4-6,8H,3,7H2,1-2H3,(H,15,16)(H,17,18)/t8-/m0/s1. The molecule has 0 aliphatic carbocycles. The molecular formula is C13H16ClNO4. The van der Waals surface area contributed by atoms with E-state index in [2.05, 4.69) is 5.32 Å². The highest BCUT2D eigenvalue weighted by Gasteiger charge is 2.16. The third-order valence-corrected chi connectivity index (χ3v) is 2.73. The van der Waals surface area contributed by atoms with Crippen molar-refractivity contribution >= 4 is 23.5 Å². The number of carbonyl (C=O) groups excluding carboxylic acids is 1. The van der Waals surface area contributed by atoms with Crippen molar-refractivity contribution < 1.29 is 19.4 Å². The van der Waals surface area contributed by atoms with Gasteiger partial charge in [-0.3, -0.25) is 9.59 Å². The van der Waals surface area contributed by atoms with E-state index >= 15 is 0 Å². The van der Waals surface area contributed by atoms with E-state index in [-0.39, 0.29) is 6.42 Å². The van der Waals surface area contributed by atoms with E-state index in [1.54, 1.807) is 18.2 Å². The molecule has 0 bridgehead atoms. The summed E-state index contributed by atoms with van der Waals surface area (Å²) in [6.45, 7) is 3.66. The van der Waals surface area contributed by atoms with Gasteiger partial charge in [0.25, 0.3) is 0 Å². The Morgan fingerprint density at radius 3 is 2.74 bits per heavy atom. The number of halogens is 1. The number of aliphatic carboxylic acids is 1. The minimum Gasteiger partial charge on any atom is -0.492 e. The Balaban J connectivity index is 2.79. The first-order valence-electron chi connectivity index (χ1n) is 5.88. The lowest BCUT2D eigenvalue weighted by Gasteiger charge is -2.13. The van der Waals surface area contributed by atoms with E-state index in [0.29, 0.717) is 22.9 Å². The van der Waals surface area contributed by atoms with Crippen LogP contribution in [0, 0.1) is 0 Å². The Bertz CT molecular complexity index is 476. The molecule has 0 spiro atoms. The van der Waals surface area contributed by atoms with Gasteiger partial charge >= 0.3 is 5.97 Å². The summed E-state index contributed by atoms with van der Waals surface area (Å²) in [5.41, 5.74) is 0.629. The molecule has 0 saturated carbocycles. The molecule has 1 atom stereocenters. The summed E-state index contributed by atoms with van der Waals surface area (Å²) < 4.78 is 5.39. The number of carboxylic acids is 1. The van der Waals surface area contributed by atoms with Gasteiger partial charge in [0, 0.05) is 5.56 Å². The maximum atomic E-state index is 11.7. The van der Waals surface area contributed by atoms with E-state index in [1.807, 2.05) is 6.92 Å². The fraction of sp³-hybridized carbons (Fsp3) is 0.385. The van der Waals surface area contributed by atoms with Gasteiger partial charge in [-0.2, -0.15) is 0 Å². The summed E-state index contributed by atoms with van der Waals surface area (Å²) in [6.07, 6.45) is 0.0213.